The number of benzene rings is 4. The van der Waals surface area contributed by atoms with E-state index in [9.17, 15) is 0 Å². The molecular weight excluding hydrogens is 362 g/mol. The summed E-state index contributed by atoms with van der Waals surface area (Å²) in [5, 5.41) is 3.51. The lowest BCUT2D eigenvalue weighted by atomic mass is 9.99. The molecule has 4 aromatic carbocycles. The minimum Gasteiger partial charge on any atom is -0.381 e. The standard InChI is InChI=1S/C29H29N/c1-22-5-3-7-27(17-22)20-25-11-9-24(10-12-25)19-26-13-15-29(16-14-26)30-21-28-8-4-6-23(2)18-28/h3-18,30H,19-21H2,1-2H3. The van der Waals surface area contributed by atoms with Crippen molar-refractivity contribution in [1.82, 2.24) is 0 Å². The Hall–Kier alpha value is -3.32. The number of nitrogens with one attached hydrogen (secondary N) is 1. The molecule has 0 bridgehead atoms. The van der Waals surface area contributed by atoms with Crippen LogP contribution in [0.2, 0.25) is 0 Å². The molecule has 0 aliphatic carbocycles. The van der Waals surface area contributed by atoms with Crippen molar-refractivity contribution in [2.75, 3.05) is 5.32 Å². The summed E-state index contributed by atoms with van der Waals surface area (Å²) in [6.45, 7) is 5.13. The van der Waals surface area contributed by atoms with Crippen LogP contribution in [-0.2, 0) is 19.4 Å². The van der Waals surface area contributed by atoms with Crippen LogP contribution in [0.4, 0.5) is 5.69 Å². The molecule has 0 saturated carbocycles. The van der Waals surface area contributed by atoms with Crippen LogP contribution in [0.25, 0.3) is 0 Å². The molecule has 0 aliphatic heterocycles. The third-order valence-corrected chi connectivity index (χ3v) is 5.46. The van der Waals surface area contributed by atoms with Gasteiger partial charge in [0.1, 0.15) is 0 Å². The maximum absolute atomic E-state index is 3.51. The molecule has 1 heteroatoms. The van der Waals surface area contributed by atoms with Crippen molar-refractivity contribution in [3.05, 3.63) is 136 Å². The molecule has 0 aromatic heterocycles. The fourth-order valence-electron chi connectivity index (χ4n) is 3.84. The van der Waals surface area contributed by atoms with Crippen LogP contribution >= 0.6 is 0 Å². The Balaban J connectivity index is 1.32. The van der Waals surface area contributed by atoms with E-state index in [1.807, 2.05) is 0 Å². The van der Waals surface area contributed by atoms with Crippen LogP contribution in [0.15, 0.2) is 97.1 Å². The molecule has 0 aliphatic rings. The maximum Gasteiger partial charge on any atom is 0.0400 e. The van der Waals surface area contributed by atoms with Gasteiger partial charge >= 0.3 is 0 Å². The van der Waals surface area contributed by atoms with Gasteiger partial charge in [0.15, 0.2) is 0 Å². The summed E-state index contributed by atoms with van der Waals surface area (Å²) in [5.41, 5.74) is 10.5. The van der Waals surface area contributed by atoms with E-state index in [-0.39, 0.29) is 0 Å². The van der Waals surface area contributed by atoms with Gasteiger partial charge in [-0.2, -0.15) is 0 Å². The van der Waals surface area contributed by atoms with Crippen LogP contribution in [-0.4, -0.2) is 0 Å². The third-order valence-electron chi connectivity index (χ3n) is 5.46. The zero-order chi connectivity index (χ0) is 20.8. The molecule has 1 nitrogen and oxygen atoms in total. The van der Waals surface area contributed by atoms with Gasteiger partial charge in [0.2, 0.25) is 0 Å². The van der Waals surface area contributed by atoms with Crippen LogP contribution in [0.1, 0.15) is 38.9 Å². The van der Waals surface area contributed by atoms with Gasteiger partial charge in [-0.3, -0.25) is 0 Å². The van der Waals surface area contributed by atoms with Crippen molar-refractivity contribution >= 4 is 5.69 Å². The quantitative estimate of drug-likeness (QED) is 0.354. The van der Waals surface area contributed by atoms with Crippen LogP contribution in [0.5, 0.6) is 0 Å². The first kappa shape index (κ1) is 20.0. The van der Waals surface area contributed by atoms with Gasteiger partial charge in [-0.25, -0.2) is 0 Å². The lowest BCUT2D eigenvalue weighted by Crippen LogP contribution is -1.99. The largest absolute Gasteiger partial charge is 0.381 e. The Morgan fingerprint density at radius 2 is 0.967 bits per heavy atom. The minimum absolute atomic E-state index is 0.851. The Labute approximate surface area is 180 Å². The van der Waals surface area contributed by atoms with E-state index in [1.165, 1.54) is 38.9 Å². The van der Waals surface area contributed by atoms with Gasteiger partial charge in [0.25, 0.3) is 0 Å². The molecule has 0 fully saturated rings. The van der Waals surface area contributed by atoms with Gasteiger partial charge in [-0.15, -0.1) is 0 Å². The SMILES string of the molecule is Cc1cccc(CNc2ccc(Cc3ccc(Cc4cccc(C)c4)cc3)cc2)c1. The van der Waals surface area contributed by atoms with Crippen molar-refractivity contribution in [3.8, 4) is 0 Å². The molecule has 0 unspecified atom stereocenters. The molecule has 4 aromatic rings. The van der Waals surface area contributed by atoms with Gasteiger partial charge < -0.3 is 5.32 Å². The summed E-state index contributed by atoms with van der Waals surface area (Å²) >= 11 is 0. The van der Waals surface area contributed by atoms with E-state index >= 15 is 0 Å². The second-order valence-electron chi connectivity index (χ2n) is 8.20. The normalized spacial score (nSPS) is 10.7. The van der Waals surface area contributed by atoms with E-state index in [0.717, 1.165) is 25.1 Å². The van der Waals surface area contributed by atoms with Crippen molar-refractivity contribution in [1.29, 1.82) is 0 Å². The molecule has 0 amide bonds. The van der Waals surface area contributed by atoms with Crippen molar-refractivity contribution in [2.24, 2.45) is 0 Å². The second-order valence-corrected chi connectivity index (χ2v) is 8.20. The summed E-state index contributed by atoms with van der Waals surface area (Å²) in [4.78, 5) is 0. The van der Waals surface area contributed by atoms with Gasteiger partial charge in [0.05, 0.1) is 0 Å². The highest BCUT2D eigenvalue weighted by atomic mass is 14.9. The van der Waals surface area contributed by atoms with Crippen molar-refractivity contribution < 1.29 is 0 Å². The Morgan fingerprint density at radius 3 is 1.53 bits per heavy atom. The average Bonchev–Trinajstić information content (AvgIpc) is 2.75. The van der Waals surface area contributed by atoms with E-state index in [0.29, 0.717) is 0 Å². The molecule has 30 heavy (non-hydrogen) atoms. The zero-order valence-corrected chi connectivity index (χ0v) is 17.9. The van der Waals surface area contributed by atoms with E-state index in [2.05, 4.69) is 116 Å². The van der Waals surface area contributed by atoms with Crippen molar-refractivity contribution in [3.63, 3.8) is 0 Å². The van der Waals surface area contributed by atoms with E-state index in [1.54, 1.807) is 0 Å². The number of rotatable bonds is 7. The molecule has 0 spiro atoms. The summed E-state index contributed by atoms with van der Waals surface area (Å²) in [6.07, 6.45) is 1.95. The summed E-state index contributed by atoms with van der Waals surface area (Å²) in [6, 6.07) is 35.2. The van der Waals surface area contributed by atoms with E-state index in [4.69, 9.17) is 0 Å². The van der Waals surface area contributed by atoms with Crippen LogP contribution in [0.3, 0.4) is 0 Å². The number of hydrogen-bond acceptors (Lipinski definition) is 1. The predicted octanol–water partition coefficient (Wildman–Crippen LogP) is 7.10. The highest BCUT2D eigenvalue weighted by Gasteiger charge is 2.01. The summed E-state index contributed by atoms with van der Waals surface area (Å²) in [7, 11) is 0. The molecule has 4 rings (SSSR count). The molecule has 1 N–H and O–H groups in total. The fourth-order valence-corrected chi connectivity index (χ4v) is 3.84. The molecule has 0 heterocycles. The van der Waals surface area contributed by atoms with Crippen LogP contribution < -0.4 is 5.32 Å². The maximum atomic E-state index is 3.51. The van der Waals surface area contributed by atoms with Gasteiger partial charge in [-0.05, 0) is 66.6 Å². The topological polar surface area (TPSA) is 12.0 Å². The number of aryl methyl sites for hydroxylation is 2. The second kappa shape index (κ2) is 9.45. The number of anilines is 1. The Kier molecular flexibility index (Phi) is 6.29. The van der Waals surface area contributed by atoms with Crippen molar-refractivity contribution in [2.45, 2.75) is 33.2 Å². The summed E-state index contributed by atoms with van der Waals surface area (Å²) in [5.74, 6) is 0. The smallest absolute Gasteiger partial charge is 0.0400 e. The minimum atomic E-state index is 0.851. The number of hydrogen-bond donors (Lipinski definition) is 1. The molecule has 150 valence electrons. The third kappa shape index (κ3) is 5.61. The molecule has 0 radical (unpaired) electrons. The predicted molar refractivity (Wildman–Crippen MR) is 128 cm³/mol. The summed E-state index contributed by atoms with van der Waals surface area (Å²) < 4.78 is 0. The highest BCUT2D eigenvalue weighted by Crippen LogP contribution is 2.17. The van der Waals surface area contributed by atoms with Gasteiger partial charge in [-0.1, -0.05) is 96.1 Å². The first-order chi connectivity index (χ1) is 14.6. The zero-order valence-electron chi connectivity index (χ0n) is 17.9. The first-order valence-corrected chi connectivity index (χ1v) is 10.7. The molecule has 0 saturated heterocycles. The lowest BCUT2D eigenvalue weighted by Gasteiger charge is -2.09. The van der Waals surface area contributed by atoms with Gasteiger partial charge in [0, 0.05) is 12.2 Å². The average molecular weight is 392 g/mol. The van der Waals surface area contributed by atoms with E-state index < -0.39 is 0 Å². The monoisotopic (exact) mass is 391 g/mol. The van der Waals surface area contributed by atoms with Crippen LogP contribution in [0, 0.1) is 13.8 Å². The Morgan fingerprint density at radius 1 is 0.500 bits per heavy atom. The fraction of sp³-hybridized carbons (Fsp3) is 0.172. The Bertz CT molecular complexity index is 1090. The first-order valence-electron chi connectivity index (χ1n) is 10.7. The molecular formula is C29H29N. The molecule has 0 atom stereocenters. The lowest BCUT2D eigenvalue weighted by molar-refractivity contribution is 1.13. The highest BCUT2D eigenvalue weighted by molar-refractivity contribution is 5.46.